The zero-order valence-electron chi connectivity index (χ0n) is 24.0. The second-order valence-corrected chi connectivity index (χ2v) is 11.0. The van der Waals surface area contributed by atoms with Gasteiger partial charge in [-0.25, -0.2) is 19.6 Å². The van der Waals surface area contributed by atoms with E-state index < -0.39 is 18.3 Å². The number of nitrogens with one attached hydrogen (secondary N) is 2. The Hall–Kier alpha value is -4.64. The zero-order chi connectivity index (χ0) is 29.6. The molecule has 224 valence electrons. The molecule has 2 aliphatic rings. The number of ether oxygens (including phenoxy) is 2. The van der Waals surface area contributed by atoms with Crippen LogP contribution >= 0.6 is 0 Å². The third kappa shape index (κ3) is 6.72. The Morgan fingerprint density at radius 3 is 2.02 bits per heavy atom. The molecule has 43 heavy (non-hydrogen) atoms. The van der Waals surface area contributed by atoms with Crippen LogP contribution in [0.2, 0.25) is 0 Å². The van der Waals surface area contributed by atoms with Crippen LogP contribution in [0.25, 0.3) is 0 Å². The van der Waals surface area contributed by atoms with Crippen LogP contribution in [0.15, 0.2) is 79.4 Å². The second kappa shape index (κ2) is 13.1. The largest absolute Gasteiger partial charge is 0.438 e. The number of carbonyl (C=O) groups excluding carboxylic acids is 2. The quantitative estimate of drug-likeness (QED) is 0.217. The summed E-state index contributed by atoms with van der Waals surface area (Å²) in [7, 11) is 0. The maximum atomic E-state index is 12.6. The Kier molecular flexibility index (Phi) is 8.69. The maximum Gasteiger partial charge on any atom is 0.407 e. The minimum atomic E-state index is -0.456. The number of aromatic nitrogens is 4. The van der Waals surface area contributed by atoms with Gasteiger partial charge < -0.3 is 35.0 Å². The van der Waals surface area contributed by atoms with E-state index in [1.807, 2.05) is 35.0 Å². The number of imidazole rings is 2. The van der Waals surface area contributed by atoms with Crippen molar-refractivity contribution in [3.8, 4) is 0 Å². The Morgan fingerprint density at radius 2 is 1.37 bits per heavy atom. The van der Waals surface area contributed by atoms with E-state index in [-0.39, 0.29) is 18.3 Å². The summed E-state index contributed by atoms with van der Waals surface area (Å²) in [4.78, 5) is 33.5. The van der Waals surface area contributed by atoms with E-state index in [4.69, 9.17) is 15.2 Å². The van der Waals surface area contributed by atoms with E-state index >= 15 is 0 Å². The highest BCUT2D eigenvalue weighted by atomic mass is 16.6. The average molecular weight is 584 g/mol. The van der Waals surface area contributed by atoms with Crippen molar-refractivity contribution in [2.45, 2.75) is 62.9 Å². The van der Waals surface area contributed by atoms with Crippen molar-refractivity contribution in [1.82, 2.24) is 29.7 Å². The molecular weight excluding hydrogens is 546 g/mol. The van der Waals surface area contributed by atoms with Crippen LogP contribution in [0.1, 0.15) is 78.4 Å². The number of amides is 2. The van der Waals surface area contributed by atoms with Gasteiger partial charge in [0.1, 0.15) is 0 Å². The molecule has 11 heteroatoms. The molecular formula is C32H37N7O4. The summed E-state index contributed by atoms with van der Waals surface area (Å²) >= 11 is 0. The van der Waals surface area contributed by atoms with Crippen molar-refractivity contribution in [2.75, 3.05) is 13.1 Å². The lowest BCUT2D eigenvalue weighted by Crippen LogP contribution is -2.27. The van der Waals surface area contributed by atoms with E-state index in [1.54, 1.807) is 18.6 Å². The SMILES string of the molecule is N[C@H]1CC(OC(=O)NCCCc2cccc(CCCNC(=O)O[C@H]3CC(c4ccccc4)n4ccnc43)c2)c2nccn21. The molecule has 2 aromatic carbocycles. The molecule has 2 amide bonds. The molecule has 0 spiro atoms. The number of hydrogen-bond acceptors (Lipinski definition) is 7. The van der Waals surface area contributed by atoms with Crippen molar-refractivity contribution in [3.63, 3.8) is 0 Å². The van der Waals surface area contributed by atoms with Crippen molar-refractivity contribution in [3.05, 3.63) is 108 Å². The summed E-state index contributed by atoms with van der Waals surface area (Å²) < 4.78 is 15.2. The van der Waals surface area contributed by atoms with Gasteiger partial charge in [-0.15, -0.1) is 0 Å². The molecule has 0 fully saturated rings. The fourth-order valence-electron chi connectivity index (χ4n) is 5.97. The maximum absolute atomic E-state index is 12.6. The predicted octanol–water partition coefficient (Wildman–Crippen LogP) is 4.73. The van der Waals surface area contributed by atoms with E-state index in [9.17, 15) is 9.59 Å². The van der Waals surface area contributed by atoms with Crippen LogP contribution in [-0.2, 0) is 22.3 Å². The standard InChI is InChI=1S/C32H37N7O4/c33-28-21-27(30-35-16-18-39(28)30)43-32(41)37-14-6-10-23-8-4-7-22(19-23)9-5-13-36-31(40)42-26-20-25(24-11-2-1-3-12-24)38-17-15-34-29(26)38/h1-4,7-8,11-12,15-19,25-28H,5-6,9-10,13-14,20-21,33H2,(H,36,40)(H,37,41)/t25?,26-,27?,28+/m0/s1. The summed E-state index contributed by atoms with van der Waals surface area (Å²) in [5.41, 5.74) is 9.63. The normalized spacial score (nSPS) is 20.3. The number of carbonyl (C=O) groups is 2. The van der Waals surface area contributed by atoms with Gasteiger partial charge in [-0.2, -0.15) is 0 Å². The summed E-state index contributed by atoms with van der Waals surface area (Å²) in [5.74, 6) is 1.46. The van der Waals surface area contributed by atoms with Crippen LogP contribution in [0.4, 0.5) is 9.59 Å². The number of rotatable bonds is 11. The van der Waals surface area contributed by atoms with Crippen LogP contribution in [0, 0.1) is 0 Å². The lowest BCUT2D eigenvalue weighted by atomic mass is 10.0. The van der Waals surface area contributed by atoms with Gasteiger partial charge in [0.2, 0.25) is 0 Å². The third-order valence-electron chi connectivity index (χ3n) is 8.06. The first-order chi connectivity index (χ1) is 21.0. The molecule has 4 aromatic rings. The van der Waals surface area contributed by atoms with Gasteiger partial charge in [0.15, 0.2) is 23.9 Å². The Balaban J connectivity index is 0.879. The molecule has 0 saturated heterocycles. The molecule has 4 N–H and O–H groups in total. The number of alkyl carbamates (subject to hydrolysis) is 2. The Morgan fingerprint density at radius 1 is 0.791 bits per heavy atom. The molecule has 2 aromatic heterocycles. The molecule has 0 saturated carbocycles. The lowest BCUT2D eigenvalue weighted by Gasteiger charge is -2.14. The topological polar surface area (TPSA) is 138 Å². The van der Waals surface area contributed by atoms with E-state index in [0.717, 1.165) is 31.5 Å². The van der Waals surface area contributed by atoms with Crippen LogP contribution in [-0.4, -0.2) is 44.4 Å². The van der Waals surface area contributed by atoms with E-state index in [1.165, 1.54) is 16.7 Å². The number of nitrogens with two attached hydrogens (primary N) is 1. The zero-order valence-corrected chi connectivity index (χ0v) is 24.0. The summed E-state index contributed by atoms with van der Waals surface area (Å²) in [6.07, 6.45) is 9.71. The van der Waals surface area contributed by atoms with Crippen molar-refractivity contribution < 1.29 is 19.1 Å². The molecule has 2 aliphatic heterocycles. The van der Waals surface area contributed by atoms with E-state index in [0.29, 0.717) is 31.8 Å². The smallest absolute Gasteiger partial charge is 0.407 e. The number of benzene rings is 2. The fraction of sp³-hybridized carbons (Fsp3) is 0.375. The monoisotopic (exact) mass is 583 g/mol. The molecule has 0 aliphatic carbocycles. The molecule has 2 unspecified atom stereocenters. The molecule has 4 atom stereocenters. The summed E-state index contributed by atoms with van der Waals surface area (Å²) in [6, 6.07) is 18.7. The molecule has 11 nitrogen and oxygen atoms in total. The predicted molar refractivity (Wildman–Crippen MR) is 159 cm³/mol. The van der Waals surface area contributed by atoms with Gasteiger partial charge >= 0.3 is 12.2 Å². The van der Waals surface area contributed by atoms with Crippen LogP contribution in [0.3, 0.4) is 0 Å². The van der Waals surface area contributed by atoms with Gasteiger partial charge in [0.25, 0.3) is 0 Å². The molecule has 0 radical (unpaired) electrons. The van der Waals surface area contributed by atoms with Crippen molar-refractivity contribution in [1.29, 1.82) is 0 Å². The first kappa shape index (κ1) is 28.5. The van der Waals surface area contributed by atoms with Crippen molar-refractivity contribution in [2.24, 2.45) is 5.73 Å². The van der Waals surface area contributed by atoms with Gasteiger partial charge in [-0.05, 0) is 42.4 Å². The average Bonchev–Trinajstić information content (AvgIpc) is 3.80. The van der Waals surface area contributed by atoms with Crippen LogP contribution in [0.5, 0.6) is 0 Å². The van der Waals surface area contributed by atoms with Crippen molar-refractivity contribution >= 4 is 12.2 Å². The van der Waals surface area contributed by atoms with Crippen LogP contribution < -0.4 is 16.4 Å². The summed E-state index contributed by atoms with van der Waals surface area (Å²) in [6.45, 7) is 1.03. The minimum absolute atomic E-state index is 0.107. The third-order valence-corrected chi connectivity index (χ3v) is 8.06. The Labute approximate surface area is 250 Å². The molecule has 6 rings (SSSR count). The molecule has 4 heterocycles. The van der Waals surface area contributed by atoms with E-state index in [2.05, 4.69) is 55.5 Å². The first-order valence-corrected chi connectivity index (χ1v) is 14.9. The molecule has 0 bridgehead atoms. The number of hydrogen-bond donors (Lipinski definition) is 3. The number of fused-ring (bicyclic) bond motifs is 2. The van der Waals surface area contributed by atoms with Gasteiger partial charge in [-0.3, -0.25) is 0 Å². The Bertz CT molecular complexity index is 1540. The van der Waals surface area contributed by atoms with Gasteiger partial charge in [-0.1, -0.05) is 54.6 Å². The van der Waals surface area contributed by atoms with Gasteiger partial charge in [0, 0.05) is 50.7 Å². The second-order valence-electron chi connectivity index (χ2n) is 11.0. The highest BCUT2D eigenvalue weighted by Gasteiger charge is 2.35. The van der Waals surface area contributed by atoms with Gasteiger partial charge in [0.05, 0.1) is 12.2 Å². The highest BCUT2D eigenvalue weighted by molar-refractivity contribution is 5.67. The summed E-state index contributed by atoms with van der Waals surface area (Å²) in [5, 5.41) is 5.72. The first-order valence-electron chi connectivity index (χ1n) is 14.9. The fourth-order valence-corrected chi connectivity index (χ4v) is 5.97. The highest BCUT2D eigenvalue weighted by Crippen LogP contribution is 2.39. The lowest BCUT2D eigenvalue weighted by molar-refractivity contribution is 0.0933. The minimum Gasteiger partial charge on any atom is -0.438 e. The number of nitrogens with zero attached hydrogens (tertiary/aromatic N) is 4. The number of aryl methyl sites for hydroxylation is 2.